The number of ether oxygens (including phenoxy) is 2. The van der Waals surface area contributed by atoms with Gasteiger partial charge in [0, 0.05) is 44.0 Å². The van der Waals surface area contributed by atoms with E-state index in [0.717, 1.165) is 38.3 Å². The highest BCUT2D eigenvalue weighted by Crippen LogP contribution is 2.41. The van der Waals surface area contributed by atoms with E-state index >= 15 is 0 Å². The van der Waals surface area contributed by atoms with Crippen LogP contribution in [0.15, 0.2) is 18.5 Å². The van der Waals surface area contributed by atoms with Gasteiger partial charge < -0.3 is 19.3 Å². The Kier molecular flexibility index (Phi) is 4.37. The second kappa shape index (κ2) is 6.64. The van der Waals surface area contributed by atoms with Crippen molar-refractivity contribution in [2.24, 2.45) is 5.41 Å². The molecule has 4 rings (SSSR count). The quantitative estimate of drug-likeness (QED) is 0.795. The lowest BCUT2D eigenvalue weighted by atomic mass is 9.78. The monoisotopic (exact) mass is 332 g/mol. The third-order valence-corrected chi connectivity index (χ3v) is 5.30. The molecule has 4 heterocycles. The molecule has 2 unspecified atom stereocenters. The molecule has 3 saturated heterocycles. The van der Waals surface area contributed by atoms with Gasteiger partial charge in [0.15, 0.2) is 0 Å². The fourth-order valence-electron chi connectivity index (χ4n) is 4.05. The van der Waals surface area contributed by atoms with Gasteiger partial charge in [-0.05, 0) is 25.3 Å². The van der Waals surface area contributed by atoms with E-state index in [1.807, 2.05) is 11.0 Å². The van der Waals surface area contributed by atoms with E-state index in [9.17, 15) is 4.79 Å². The molecule has 3 aliphatic heterocycles. The Bertz CT molecular complexity index is 578. The third-order valence-electron chi connectivity index (χ3n) is 5.30. The highest BCUT2D eigenvalue weighted by molar-refractivity contribution is 5.81. The molecule has 0 N–H and O–H groups in total. The summed E-state index contributed by atoms with van der Waals surface area (Å²) in [4.78, 5) is 25.5. The van der Waals surface area contributed by atoms with Gasteiger partial charge in [0.1, 0.15) is 6.10 Å². The maximum atomic E-state index is 12.7. The van der Waals surface area contributed by atoms with E-state index in [0.29, 0.717) is 32.9 Å². The second-order valence-corrected chi connectivity index (χ2v) is 7.02. The number of carbonyl (C=O) groups excluding carboxylic acids is 1. The highest BCUT2D eigenvalue weighted by atomic mass is 16.5. The number of rotatable bonds is 2. The molecule has 130 valence electrons. The first kappa shape index (κ1) is 15.8. The average molecular weight is 332 g/mol. The van der Waals surface area contributed by atoms with Gasteiger partial charge in [0.25, 0.3) is 5.91 Å². The van der Waals surface area contributed by atoms with Crippen LogP contribution in [0, 0.1) is 5.41 Å². The number of nitrogens with zero attached hydrogens (tertiary/aromatic N) is 4. The molecule has 0 radical (unpaired) electrons. The maximum absolute atomic E-state index is 12.7. The third kappa shape index (κ3) is 3.10. The molecule has 24 heavy (non-hydrogen) atoms. The number of hydrogen-bond acceptors (Lipinski definition) is 6. The van der Waals surface area contributed by atoms with E-state index in [1.54, 1.807) is 12.4 Å². The number of morpholine rings is 1. The van der Waals surface area contributed by atoms with Gasteiger partial charge in [-0.15, -0.1) is 0 Å². The Morgan fingerprint density at radius 3 is 2.79 bits per heavy atom. The molecular formula is C17H24N4O3. The van der Waals surface area contributed by atoms with Crippen molar-refractivity contribution in [2.75, 3.05) is 50.9 Å². The number of piperidine rings is 1. The highest BCUT2D eigenvalue weighted by Gasteiger charge is 2.46. The molecule has 1 amide bonds. The van der Waals surface area contributed by atoms with Crippen LogP contribution in [-0.4, -0.2) is 72.9 Å². The fraction of sp³-hybridized carbons (Fsp3) is 0.706. The van der Waals surface area contributed by atoms with Gasteiger partial charge >= 0.3 is 0 Å². The van der Waals surface area contributed by atoms with Crippen LogP contribution in [0.3, 0.4) is 0 Å². The maximum Gasteiger partial charge on any atom is 0.251 e. The summed E-state index contributed by atoms with van der Waals surface area (Å²) in [7, 11) is 0. The van der Waals surface area contributed by atoms with Gasteiger partial charge in [-0.3, -0.25) is 4.79 Å². The van der Waals surface area contributed by atoms with Crippen LogP contribution >= 0.6 is 0 Å². The number of amides is 1. The van der Waals surface area contributed by atoms with E-state index in [2.05, 4.69) is 14.9 Å². The predicted molar refractivity (Wildman–Crippen MR) is 87.7 cm³/mol. The Morgan fingerprint density at radius 2 is 2.00 bits per heavy atom. The zero-order valence-electron chi connectivity index (χ0n) is 13.9. The molecule has 1 aromatic heterocycles. The zero-order chi connectivity index (χ0) is 16.4. The molecule has 3 fully saturated rings. The lowest BCUT2D eigenvalue weighted by Gasteiger charge is -2.39. The Labute approximate surface area is 142 Å². The molecule has 0 bridgehead atoms. The molecule has 0 aliphatic carbocycles. The van der Waals surface area contributed by atoms with Crippen molar-refractivity contribution in [3.63, 3.8) is 0 Å². The van der Waals surface area contributed by atoms with Crippen molar-refractivity contribution >= 4 is 11.9 Å². The number of carbonyl (C=O) groups is 1. The molecule has 7 heteroatoms. The summed E-state index contributed by atoms with van der Waals surface area (Å²) in [5.74, 6) is 0.905. The largest absolute Gasteiger partial charge is 0.378 e. The number of hydrogen-bond donors (Lipinski definition) is 0. The Balaban J connectivity index is 1.42. The minimum atomic E-state index is -0.306. The molecule has 1 spiro atoms. The van der Waals surface area contributed by atoms with E-state index in [1.165, 1.54) is 0 Å². The summed E-state index contributed by atoms with van der Waals surface area (Å²) in [6, 6.07) is 1.83. The molecule has 0 saturated carbocycles. The molecular weight excluding hydrogens is 308 g/mol. The average Bonchev–Trinajstić information content (AvgIpc) is 3.06. The molecule has 1 aromatic rings. The topological polar surface area (TPSA) is 67.8 Å². The van der Waals surface area contributed by atoms with Crippen LogP contribution in [-0.2, 0) is 14.3 Å². The standard InChI is InChI=1S/C17H24N4O3/c22-15(20-7-9-23-10-8-20)14-11-17(13-24-14)3-1-6-21(12-17)16-18-4-2-5-19-16/h2,4-5,14H,1,3,6-13H2. The van der Waals surface area contributed by atoms with Gasteiger partial charge in [-0.25, -0.2) is 9.97 Å². The zero-order valence-corrected chi connectivity index (χ0v) is 13.9. The van der Waals surface area contributed by atoms with Crippen LogP contribution < -0.4 is 4.90 Å². The summed E-state index contributed by atoms with van der Waals surface area (Å²) in [6.07, 6.45) is 6.23. The summed E-state index contributed by atoms with van der Waals surface area (Å²) in [5.41, 5.74) is 0.0457. The smallest absolute Gasteiger partial charge is 0.251 e. The lowest BCUT2D eigenvalue weighted by molar-refractivity contribution is -0.144. The fourth-order valence-corrected chi connectivity index (χ4v) is 4.05. The van der Waals surface area contributed by atoms with Crippen LogP contribution in [0.1, 0.15) is 19.3 Å². The Morgan fingerprint density at radius 1 is 1.21 bits per heavy atom. The van der Waals surface area contributed by atoms with Gasteiger partial charge in [-0.2, -0.15) is 0 Å². The molecule has 0 aromatic carbocycles. The molecule has 7 nitrogen and oxygen atoms in total. The second-order valence-electron chi connectivity index (χ2n) is 7.02. The van der Waals surface area contributed by atoms with Crippen molar-refractivity contribution < 1.29 is 14.3 Å². The van der Waals surface area contributed by atoms with Crippen LogP contribution in [0.4, 0.5) is 5.95 Å². The van der Waals surface area contributed by atoms with Crippen LogP contribution in [0.5, 0.6) is 0 Å². The summed E-state index contributed by atoms with van der Waals surface area (Å²) >= 11 is 0. The van der Waals surface area contributed by atoms with Crippen molar-refractivity contribution in [3.05, 3.63) is 18.5 Å². The van der Waals surface area contributed by atoms with E-state index < -0.39 is 0 Å². The minimum Gasteiger partial charge on any atom is -0.378 e. The first-order valence-electron chi connectivity index (χ1n) is 8.76. The normalized spacial score (nSPS) is 30.8. The summed E-state index contributed by atoms with van der Waals surface area (Å²) < 4.78 is 11.3. The first-order valence-corrected chi connectivity index (χ1v) is 8.76. The number of aromatic nitrogens is 2. The molecule has 2 atom stereocenters. The lowest BCUT2D eigenvalue weighted by Crippen LogP contribution is -2.47. The van der Waals surface area contributed by atoms with E-state index in [-0.39, 0.29) is 17.4 Å². The van der Waals surface area contributed by atoms with E-state index in [4.69, 9.17) is 9.47 Å². The number of anilines is 1. The van der Waals surface area contributed by atoms with Crippen LogP contribution in [0.25, 0.3) is 0 Å². The minimum absolute atomic E-state index is 0.0457. The van der Waals surface area contributed by atoms with Crippen molar-refractivity contribution in [1.29, 1.82) is 0 Å². The molecule has 3 aliphatic rings. The summed E-state index contributed by atoms with van der Waals surface area (Å²) in [6.45, 7) is 5.09. The Hall–Kier alpha value is -1.73. The van der Waals surface area contributed by atoms with Gasteiger partial charge in [0.05, 0.1) is 19.8 Å². The summed E-state index contributed by atoms with van der Waals surface area (Å²) in [5, 5.41) is 0. The van der Waals surface area contributed by atoms with Gasteiger partial charge in [0.2, 0.25) is 5.95 Å². The van der Waals surface area contributed by atoms with Crippen molar-refractivity contribution in [1.82, 2.24) is 14.9 Å². The van der Waals surface area contributed by atoms with Crippen LogP contribution in [0.2, 0.25) is 0 Å². The predicted octanol–water partition coefficient (Wildman–Crippen LogP) is 0.711. The van der Waals surface area contributed by atoms with Gasteiger partial charge in [-0.1, -0.05) is 0 Å². The van der Waals surface area contributed by atoms with Crippen molar-refractivity contribution in [3.8, 4) is 0 Å². The van der Waals surface area contributed by atoms with Crippen molar-refractivity contribution in [2.45, 2.75) is 25.4 Å². The first-order chi connectivity index (χ1) is 11.8. The SMILES string of the molecule is O=C(C1CC2(CCCN(c3ncccn3)C2)CO1)N1CCOCC1.